The van der Waals surface area contributed by atoms with Gasteiger partial charge >= 0.3 is 29.6 Å². The maximum Gasteiger partial charge on any atom is 1.00 e. The first-order valence-electron chi connectivity index (χ1n) is 10.4. The van der Waals surface area contributed by atoms with Gasteiger partial charge in [-0.25, -0.2) is 0 Å². The molecule has 0 aliphatic carbocycles. The normalized spacial score (nSPS) is 11.4. The van der Waals surface area contributed by atoms with Crippen molar-refractivity contribution in [3.8, 4) is 17.2 Å². The molecule has 2 rings (SSSR count). The van der Waals surface area contributed by atoms with Crippen LogP contribution in [0, 0.1) is 5.41 Å². The van der Waals surface area contributed by atoms with Crippen molar-refractivity contribution in [2.24, 2.45) is 5.41 Å². The summed E-state index contributed by atoms with van der Waals surface area (Å²) in [6.45, 7) is 12.0. The molecule has 0 heterocycles. The number of hydrogen-bond donors (Lipinski definition) is 1. The molecule has 0 fully saturated rings. The van der Waals surface area contributed by atoms with Crippen LogP contribution in [0.15, 0.2) is 36.4 Å². The van der Waals surface area contributed by atoms with E-state index in [1.165, 1.54) is 7.11 Å². The molecule has 2 aromatic carbocycles. The minimum absolute atomic E-state index is 0. The Bertz CT molecular complexity index is 980. The maximum atomic E-state index is 12.4. The van der Waals surface area contributed by atoms with Gasteiger partial charge in [-0.05, 0) is 35.9 Å². The summed E-state index contributed by atoms with van der Waals surface area (Å²) in [5.41, 5.74) is 1.64. The number of carboxylic acid groups (broad SMARTS) is 1. The molecule has 0 aliphatic rings. The molecule has 0 unspecified atom stereocenters. The van der Waals surface area contributed by atoms with Crippen molar-refractivity contribution < 1.29 is 53.7 Å². The molecule has 0 saturated carbocycles. The van der Waals surface area contributed by atoms with Gasteiger partial charge in [-0.2, -0.15) is 11.8 Å². The fraction of sp³-hybridized carbons (Fsp3) is 0.440. The Balaban J connectivity index is 0.00000544. The van der Waals surface area contributed by atoms with Gasteiger partial charge in [-0.15, -0.1) is 0 Å². The minimum atomic E-state index is -1.16. The van der Waals surface area contributed by atoms with Crippen LogP contribution in [-0.2, 0) is 21.8 Å². The van der Waals surface area contributed by atoms with E-state index in [9.17, 15) is 14.7 Å². The van der Waals surface area contributed by atoms with E-state index >= 15 is 0 Å². The van der Waals surface area contributed by atoms with Gasteiger partial charge in [0.25, 0.3) is 0 Å². The minimum Gasteiger partial charge on any atom is -0.550 e. The predicted molar refractivity (Wildman–Crippen MR) is 127 cm³/mol. The zero-order valence-corrected chi connectivity index (χ0v) is 23.6. The van der Waals surface area contributed by atoms with Crippen LogP contribution in [0.3, 0.4) is 0 Å². The Labute approximate surface area is 223 Å². The van der Waals surface area contributed by atoms with Crippen molar-refractivity contribution in [3.05, 3.63) is 47.5 Å². The van der Waals surface area contributed by atoms with E-state index in [1.807, 2.05) is 32.9 Å². The van der Waals surface area contributed by atoms with Gasteiger partial charge in [-0.1, -0.05) is 47.6 Å². The van der Waals surface area contributed by atoms with Crippen molar-refractivity contribution in [1.29, 1.82) is 0 Å². The van der Waals surface area contributed by atoms with Crippen LogP contribution >= 0.6 is 11.8 Å². The number of carbonyl (C=O) groups is 2. The van der Waals surface area contributed by atoms with Gasteiger partial charge in [-0.3, -0.25) is 4.79 Å². The summed E-state index contributed by atoms with van der Waals surface area (Å²) in [5, 5.41) is 14.0. The Morgan fingerprint density at radius 3 is 2.15 bits per heavy atom. The molecule has 0 aliphatic heterocycles. The molecule has 2 aromatic rings. The molecule has 8 heteroatoms. The Hall–Kier alpha value is -1.67. The number of amides is 1. The SMILES string of the molecule is COc1ccc(CC(=O)[O-])cc1Oc1ccc(NC(=O)C(C)(C)C)cc1CSC(C)(C)C.[Na+]. The Morgan fingerprint density at radius 1 is 0.970 bits per heavy atom. The molecular weight excluding hydrogens is 449 g/mol. The van der Waals surface area contributed by atoms with Gasteiger partial charge in [0.15, 0.2) is 11.5 Å². The third kappa shape index (κ3) is 9.61. The quantitative estimate of drug-likeness (QED) is 0.579. The number of ether oxygens (including phenoxy) is 2. The number of carboxylic acids is 1. The average Bonchev–Trinajstić information content (AvgIpc) is 2.66. The monoisotopic (exact) mass is 481 g/mol. The van der Waals surface area contributed by atoms with Gasteiger partial charge < -0.3 is 24.7 Å². The summed E-state index contributed by atoms with van der Waals surface area (Å²) < 4.78 is 11.6. The first-order valence-corrected chi connectivity index (χ1v) is 11.4. The molecular formula is C25H32NNaO5S. The van der Waals surface area contributed by atoms with E-state index < -0.39 is 11.4 Å². The van der Waals surface area contributed by atoms with Crippen LogP contribution in [0.1, 0.15) is 52.7 Å². The smallest absolute Gasteiger partial charge is 0.550 e. The summed E-state index contributed by atoms with van der Waals surface area (Å²) >= 11 is 1.76. The summed E-state index contributed by atoms with van der Waals surface area (Å²) in [6.07, 6.45) is -0.217. The first-order chi connectivity index (χ1) is 14.8. The summed E-state index contributed by atoms with van der Waals surface area (Å²) in [4.78, 5) is 23.4. The largest absolute Gasteiger partial charge is 1.00 e. The van der Waals surface area contributed by atoms with Crippen LogP contribution < -0.4 is 49.5 Å². The van der Waals surface area contributed by atoms with E-state index in [1.54, 1.807) is 36.0 Å². The van der Waals surface area contributed by atoms with Crippen molar-refractivity contribution in [3.63, 3.8) is 0 Å². The van der Waals surface area contributed by atoms with Crippen LogP contribution in [0.4, 0.5) is 5.69 Å². The van der Waals surface area contributed by atoms with Crippen LogP contribution in [0.25, 0.3) is 0 Å². The zero-order valence-electron chi connectivity index (χ0n) is 20.8. The van der Waals surface area contributed by atoms with E-state index in [-0.39, 0.29) is 46.6 Å². The fourth-order valence-corrected chi connectivity index (χ4v) is 3.49. The topological polar surface area (TPSA) is 87.7 Å². The molecule has 0 aromatic heterocycles. The average molecular weight is 482 g/mol. The van der Waals surface area contributed by atoms with Crippen molar-refractivity contribution in [2.75, 3.05) is 12.4 Å². The van der Waals surface area contributed by atoms with Gasteiger partial charge in [0.2, 0.25) is 5.91 Å². The number of aliphatic carboxylic acids is 1. The molecule has 1 N–H and O–H groups in total. The zero-order chi connectivity index (χ0) is 24.1. The fourth-order valence-electron chi connectivity index (χ4n) is 2.68. The van der Waals surface area contributed by atoms with Gasteiger partial charge in [0.05, 0.1) is 7.11 Å². The molecule has 174 valence electrons. The Kier molecular flexibility index (Phi) is 10.8. The van der Waals surface area contributed by atoms with Gasteiger partial charge in [0, 0.05) is 39.6 Å². The van der Waals surface area contributed by atoms with Gasteiger partial charge in [0.1, 0.15) is 5.75 Å². The number of rotatable bonds is 8. The number of nitrogens with one attached hydrogen (secondary N) is 1. The summed E-state index contributed by atoms with van der Waals surface area (Å²) in [5.74, 6) is 0.949. The number of thioether (sulfide) groups is 1. The van der Waals surface area contributed by atoms with Crippen molar-refractivity contribution in [1.82, 2.24) is 0 Å². The molecule has 0 spiro atoms. The predicted octanol–water partition coefficient (Wildman–Crippen LogP) is 1.80. The van der Waals surface area contributed by atoms with Crippen LogP contribution in [-0.4, -0.2) is 23.7 Å². The Morgan fingerprint density at radius 2 is 1.61 bits per heavy atom. The number of anilines is 1. The molecule has 33 heavy (non-hydrogen) atoms. The first kappa shape index (κ1) is 29.4. The van der Waals surface area contributed by atoms with Crippen molar-refractivity contribution in [2.45, 2.75) is 58.5 Å². The van der Waals surface area contributed by atoms with Crippen LogP contribution in [0.5, 0.6) is 17.2 Å². The molecule has 0 atom stereocenters. The number of hydrogen-bond acceptors (Lipinski definition) is 6. The third-order valence-corrected chi connectivity index (χ3v) is 5.78. The third-order valence-electron chi connectivity index (χ3n) is 4.46. The second kappa shape index (κ2) is 12.2. The molecule has 0 bridgehead atoms. The number of methoxy groups -OCH3 is 1. The second-order valence-corrected chi connectivity index (χ2v) is 11.4. The molecule has 1 amide bonds. The standard InChI is InChI=1S/C25H33NO5S.Na/c1-24(2,3)23(29)26-18-9-11-19(17(14-18)15-32-25(4,5)6)31-21-12-16(13-22(27)28)8-10-20(21)30-7;/h8-12,14H,13,15H2,1-7H3,(H,26,29)(H,27,28);/q;+1/p-1. The van der Waals surface area contributed by atoms with E-state index in [0.29, 0.717) is 34.3 Å². The van der Waals surface area contributed by atoms with Crippen LogP contribution in [0.2, 0.25) is 0 Å². The van der Waals surface area contributed by atoms with E-state index in [2.05, 4.69) is 26.1 Å². The van der Waals surface area contributed by atoms with E-state index in [4.69, 9.17) is 9.47 Å². The van der Waals surface area contributed by atoms with E-state index in [0.717, 1.165) is 5.56 Å². The van der Waals surface area contributed by atoms with Crippen molar-refractivity contribution >= 4 is 29.3 Å². The maximum absolute atomic E-state index is 12.4. The summed E-state index contributed by atoms with van der Waals surface area (Å²) in [7, 11) is 1.53. The molecule has 6 nitrogen and oxygen atoms in total. The number of carbonyl (C=O) groups excluding carboxylic acids is 2. The number of benzene rings is 2. The molecule has 0 saturated heterocycles. The molecule has 0 radical (unpaired) electrons. The summed E-state index contributed by atoms with van der Waals surface area (Å²) in [6, 6.07) is 10.5. The second-order valence-electron chi connectivity index (χ2n) is 9.56.